The second kappa shape index (κ2) is 19.4. The smallest absolute Gasteiger partial charge is 0.142 e. The number of nitrogens with zero attached hydrogens (tertiary/aromatic N) is 4. The van der Waals surface area contributed by atoms with E-state index in [9.17, 15) is 0 Å². The van der Waals surface area contributed by atoms with Crippen molar-refractivity contribution in [2.75, 3.05) is 0 Å². The monoisotopic (exact) mass is 1120 g/mol. The topological polar surface area (TPSA) is 56.7 Å². The molecule has 339 valence electrons. The van der Waals surface area contributed by atoms with Gasteiger partial charge in [-0.05, 0) is 66.3 Å². The Balaban J connectivity index is 0.000000244. The van der Waals surface area contributed by atoms with Gasteiger partial charge in [-0.1, -0.05) is 105 Å². The van der Waals surface area contributed by atoms with E-state index in [4.69, 9.17) is 19.4 Å². The summed E-state index contributed by atoms with van der Waals surface area (Å²) in [6, 6.07) is 57.8. The van der Waals surface area contributed by atoms with Gasteiger partial charge in [-0.3, -0.25) is 9.97 Å². The molecule has 0 saturated heterocycles. The van der Waals surface area contributed by atoms with Crippen LogP contribution < -0.4 is 4.40 Å². The van der Waals surface area contributed by atoms with Crippen LogP contribution in [0.1, 0.15) is 57.1 Å². The number of hydrogen-bond acceptors (Lipinski definition) is 4. The van der Waals surface area contributed by atoms with Gasteiger partial charge in [0.05, 0.1) is 33.8 Å². The second-order valence-electron chi connectivity index (χ2n) is 19.9. The molecule has 0 aliphatic carbocycles. The van der Waals surface area contributed by atoms with Gasteiger partial charge in [-0.25, -0.2) is 0 Å². The third-order valence-corrected chi connectivity index (χ3v) is 16.6. The first-order valence-corrected chi connectivity index (χ1v) is 30.4. The number of benzene rings is 6. The van der Waals surface area contributed by atoms with Crippen molar-refractivity contribution in [1.82, 2.24) is 19.5 Å². The van der Waals surface area contributed by atoms with Crippen LogP contribution >= 0.6 is 0 Å². The molecular weight excluding hydrogens is 1060 g/mol. The molecule has 0 aliphatic heterocycles. The number of imidazole rings is 1. The Bertz CT molecular complexity index is 3280. The average Bonchev–Trinajstić information content (AvgIpc) is 3.88. The summed E-state index contributed by atoms with van der Waals surface area (Å²) < 4.78 is 10.5. The largest absolute Gasteiger partial charge is 0.499 e. The van der Waals surface area contributed by atoms with Crippen molar-refractivity contribution in [1.29, 1.82) is 0 Å². The molecule has 4 heterocycles. The fourth-order valence-electron chi connectivity index (χ4n) is 9.10. The Kier molecular flexibility index (Phi) is 13.7. The maximum atomic E-state index is 6.66. The van der Waals surface area contributed by atoms with Gasteiger partial charge < -0.3 is 8.98 Å². The summed E-state index contributed by atoms with van der Waals surface area (Å²) in [5.41, 5.74) is 16.6. The van der Waals surface area contributed by atoms with Gasteiger partial charge in [-0.2, -0.15) is 0 Å². The number of para-hydroxylation sites is 2. The van der Waals surface area contributed by atoms with Gasteiger partial charge in [0.1, 0.15) is 5.58 Å². The number of aryl methyl sites for hydroxylation is 2. The molecule has 1 radical (unpaired) electrons. The first kappa shape index (κ1) is 47.6. The first-order valence-electron chi connectivity index (χ1n) is 23.1. The van der Waals surface area contributed by atoms with Gasteiger partial charge in [0.25, 0.3) is 0 Å². The molecular formula is C60H58GeIrN4O-2. The third kappa shape index (κ3) is 9.76. The molecule has 0 amide bonds. The van der Waals surface area contributed by atoms with Crippen LogP contribution in [0.15, 0.2) is 156 Å². The van der Waals surface area contributed by atoms with Crippen LogP contribution in [-0.4, -0.2) is 32.8 Å². The van der Waals surface area contributed by atoms with E-state index in [2.05, 4.69) is 190 Å². The summed E-state index contributed by atoms with van der Waals surface area (Å²) in [6.07, 6.45) is 3.27. The van der Waals surface area contributed by atoms with Crippen molar-refractivity contribution in [2.24, 2.45) is 5.92 Å². The number of hydrogen-bond donors (Lipinski definition) is 0. The predicted octanol–water partition coefficient (Wildman–Crippen LogP) is 15.3. The molecule has 0 aliphatic rings. The molecule has 0 atom stereocenters. The van der Waals surface area contributed by atoms with E-state index in [1.807, 2.05) is 44.2 Å². The van der Waals surface area contributed by atoms with Crippen LogP contribution in [0.2, 0.25) is 17.3 Å². The van der Waals surface area contributed by atoms with Crippen molar-refractivity contribution in [3.05, 3.63) is 186 Å². The summed E-state index contributed by atoms with van der Waals surface area (Å²) in [5, 5.41) is 2.09. The van der Waals surface area contributed by atoms with Gasteiger partial charge in [0, 0.05) is 42.3 Å². The normalized spacial score (nSPS) is 11.8. The maximum Gasteiger partial charge on any atom is 0.142 e. The van der Waals surface area contributed by atoms with Crippen molar-refractivity contribution in [3.63, 3.8) is 0 Å². The number of furan rings is 1. The van der Waals surface area contributed by atoms with E-state index in [1.165, 1.54) is 11.1 Å². The number of aromatic nitrogens is 4. The minimum Gasteiger partial charge on any atom is -0.499 e. The van der Waals surface area contributed by atoms with Gasteiger partial charge in [0.2, 0.25) is 0 Å². The zero-order valence-corrected chi connectivity index (χ0v) is 44.7. The second-order valence-corrected chi connectivity index (χ2v) is 30.5. The van der Waals surface area contributed by atoms with Crippen molar-refractivity contribution in [3.8, 4) is 50.6 Å². The van der Waals surface area contributed by atoms with Gasteiger partial charge >= 0.3 is 126 Å². The molecule has 4 aromatic heterocycles. The number of pyridine rings is 2. The Hall–Kier alpha value is -5.92. The quantitative estimate of drug-likeness (QED) is 0.112. The molecule has 10 aromatic rings. The molecule has 0 saturated carbocycles. The molecule has 0 unspecified atom stereocenters. The molecule has 0 fully saturated rings. The fraction of sp³-hybridized carbons (Fsp3) is 0.217. The van der Waals surface area contributed by atoms with E-state index in [1.54, 1.807) is 4.40 Å². The summed E-state index contributed by atoms with van der Waals surface area (Å²) in [6.45, 7) is 15.4. The number of rotatable bonds is 8. The van der Waals surface area contributed by atoms with Crippen LogP contribution in [0.3, 0.4) is 0 Å². The van der Waals surface area contributed by atoms with Crippen molar-refractivity contribution < 1.29 is 24.5 Å². The van der Waals surface area contributed by atoms with E-state index >= 15 is 0 Å². The minimum atomic E-state index is -1.86. The zero-order valence-electron chi connectivity index (χ0n) is 40.2. The first-order chi connectivity index (χ1) is 31.7. The Morgan fingerprint density at radius 3 is 1.94 bits per heavy atom. The predicted molar refractivity (Wildman–Crippen MR) is 279 cm³/mol. The Morgan fingerprint density at radius 2 is 1.33 bits per heavy atom. The summed E-state index contributed by atoms with van der Waals surface area (Å²) in [4.78, 5) is 14.7. The van der Waals surface area contributed by atoms with Crippen LogP contribution in [0.25, 0.3) is 83.6 Å². The van der Waals surface area contributed by atoms with E-state index in [0.717, 1.165) is 101 Å². The van der Waals surface area contributed by atoms with E-state index in [-0.39, 0.29) is 25.5 Å². The standard InChI is InChI=1S/C42H34N3O.C18H24GeN.Ir/c1-26-23-35-31-19-14-20-32(40(31)46-39(35)27(2)43-26)41-44-36-21-12-13-22-37(36)45(41)38-33(28-15-8-6-9-16-28)24-30(42(3,4)5)25-34(38)29-17-10-7-11-18-29;1-14(2)11-16-12-18(15-9-7-6-8-10-15)20-13-17(16)19(3,4)5;/h6-19,21-25H,1-5H3;6-9,12-14H,11H2,1-5H3;/q2*-1;. The SMILES string of the molecule is CC(C)Cc1cc(-c2[c-]cccc2)nc[c]1[Ge]([CH3])([CH3])[CH3].Cc1cc2c(oc3c(-c4nc5ccccc5n4-c4c(-c5ccccc5)cc(C(C)(C)C)cc4-c4ccccc4)[c-]ccc32)c(C)n1.[Ir]. The van der Waals surface area contributed by atoms with Gasteiger partial charge in [-0.15, -0.1) is 18.2 Å². The molecule has 6 aromatic carbocycles. The summed E-state index contributed by atoms with van der Waals surface area (Å²) in [7, 11) is 0. The molecule has 0 spiro atoms. The molecule has 5 nitrogen and oxygen atoms in total. The number of fused-ring (bicyclic) bond motifs is 4. The summed E-state index contributed by atoms with van der Waals surface area (Å²) in [5.74, 6) is 8.78. The zero-order chi connectivity index (χ0) is 46.3. The molecule has 10 rings (SSSR count). The van der Waals surface area contributed by atoms with Crippen LogP contribution in [-0.2, 0) is 31.9 Å². The molecule has 0 bridgehead atoms. The van der Waals surface area contributed by atoms with Crippen molar-refractivity contribution in [2.45, 2.75) is 77.6 Å². The Labute approximate surface area is 412 Å². The van der Waals surface area contributed by atoms with Crippen molar-refractivity contribution >= 4 is 50.6 Å². The van der Waals surface area contributed by atoms with Crippen LogP contribution in [0, 0.1) is 31.9 Å². The molecule has 7 heteroatoms. The van der Waals surface area contributed by atoms with E-state index < -0.39 is 13.3 Å². The maximum absolute atomic E-state index is 6.66. The average molecular weight is 1120 g/mol. The van der Waals surface area contributed by atoms with Crippen LogP contribution in [0.4, 0.5) is 0 Å². The van der Waals surface area contributed by atoms with Gasteiger partial charge in [0.15, 0.2) is 0 Å². The minimum absolute atomic E-state index is 0. The molecule has 0 N–H and O–H groups in total. The fourth-order valence-corrected chi connectivity index (χ4v) is 12.4. The summed E-state index contributed by atoms with van der Waals surface area (Å²) >= 11 is -1.86. The van der Waals surface area contributed by atoms with E-state index in [0.29, 0.717) is 5.92 Å². The Morgan fingerprint density at radius 1 is 0.687 bits per heavy atom. The van der Waals surface area contributed by atoms with Crippen LogP contribution in [0.5, 0.6) is 0 Å². The molecule has 67 heavy (non-hydrogen) atoms. The third-order valence-electron chi connectivity index (χ3n) is 12.3.